The van der Waals surface area contributed by atoms with Crippen molar-refractivity contribution in [3.63, 3.8) is 0 Å². The van der Waals surface area contributed by atoms with Crippen LogP contribution in [0.1, 0.15) is 12.5 Å². The minimum Gasteiger partial charge on any atom is -0.452 e. The van der Waals surface area contributed by atoms with Crippen LogP contribution >= 0.6 is 23.2 Å². The Bertz CT molecular complexity index is 1090. The fraction of sp³-hybridized carbons (Fsp3) is 0.222. The Morgan fingerprint density at radius 3 is 2.45 bits per heavy atom. The number of ether oxygens (including phenoxy) is 1. The summed E-state index contributed by atoms with van der Waals surface area (Å²) in [5.41, 5.74) is -0.991. The first-order valence-corrected chi connectivity index (χ1v) is 10.7. The molecule has 2 aromatic rings. The fourth-order valence-corrected chi connectivity index (χ4v) is 3.55. The standard InChI is InChI=1S/C18H15Cl2F3N2O5S/c1-10(17(27)25-15-8-12(19)5-6-14(15)20)30-16(26)9-24-31(28,29)13-4-2-3-11(7-13)18(21,22)23/h2-8,10,24H,9H2,1H3,(H,25,27). The van der Waals surface area contributed by atoms with Crippen LogP contribution in [0.4, 0.5) is 18.9 Å². The summed E-state index contributed by atoms with van der Waals surface area (Å²) in [6, 6.07) is 7.31. The molecule has 0 aromatic heterocycles. The molecule has 0 heterocycles. The lowest BCUT2D eigenvalue weighted by Gasteiger charge is -2.15. The Kier molecular flexibility index (Phi) is 7.93. The van der Waals surface area contributed by atoms with Gasteiger partial charge in [-0.05, 0) is 43.3 Å². The van der Waals surface area contributed by atoms with Crippen molar-refractivity contribution in [3.8, 4) is 0 Å². The molecule has 0 aliphatic rings. The van der Waals surface area contributed by atoms with E-state index >= 15 is 0 Å². The predicted octanol–water partition coefficient (Wildman–Crippen LogP) is 3.86. The van der Waals surface area contributed by atoms with Gasteiger partial charge < -0.3 is 10.1 Å². The van der Waals surface area contributed by atoms with Crippen LogP contribution in [0.5, 0.6) is 0 Å². The summed E-state index contributed by atoms with van der Waals surface area (Å²) in [7, 11) is -4.44. The van der Waals surface area contributed by atoms with Gasteiger partial charge >= 0.3 is 12.1 Å². The van der Waals surface area contributed by atoms with Crippen molar-refractivity contribution in [3.05, 3.63) is 58.1 Å². The first-order valence-electron chi connectivity index (χ1n) is 8.42. The van der Waals surface area contributed by atoms with E-state index in [2.05, 4.69) is 5.32 Å². The summed E-state index contributed by atoms with van der Waals surface area (Å²) in [5, 5.41) is 2.88. The van der Waals surface area contributed by atoms with Crippen LogP contribution in [0.2, 0.25) is 10.0 Å². The van der Waals surface area contributed by atoms with E-state index in [9.17, 15) is 31.2 Å². The van der Waals surface area contributed by atoms with Crippen LogP contribution in [0, 0.1) is 0 Å². The number of amides is 1. The Hall–Kier alpha value is -2.34. The number of rotatable bonds is 7. The molecule has 0 aliphatic carbocycles. The van der Waals surface area contributed by atoms with E-state index in [1.165, 1.54) is 25.1 Å². The summed E-state index contributed by atoms with van der Waals surface area (Å²) < 4.78 is 69.2. The zero-order valence-electron chi connectivity index (χ0n) is 15.7. The Morgan fingerprint density at radius 2 is 1.81 bits per heavy atom. The average molecular weight is 499 g/mol. The second kappa shape index (κ2) is 9.86. The van der Waals surface area contributed by atoms with Gasteiger partial charge in [-0.2, -0.15) is 17.9 Å². The molecule has 31 heavy (non-hydrogen) atoms. The molecular weight excluding hydrogens is 484 g/mol. The molecule has 1 atom stereocenters. The number of carbonyl (C=O) groups is 2. The molecule has 2 N–H and O–H groups in total. The number of carbonyl (C=O) groups excluding carboxylic acids is 2. The minimum absolute atomic E-state index is 0.173. The Labute approximate surface area is 185 Å². The first kappa shape index (κ1) is 24.9. The molecule has 0 aliphatic heterocycles. The predicted molar refractivity (Wildman–Crippen MR) is 107 cm³/mol. The summed E-state index contributed by atoms with van der Waals surface area (Å²) in [4.78, 5) is 23.3. The number of hydrogen-bond acceptors (Lipinski definition) is 5. The SMILES string of the molecule is CC(OC(=O)CNS(=O)(=O)c1cccc(C(F)(F)F)c1)C(=O)Nc1cc(Cl)ccc1Cl. The average Bonchev–Trinajstić information content (AvgIpc) is 2.68. The van der Waals surface area contributed by atoms with Gasteiger partial charge in [0.2, 0.25) is 10.0 Å². The van der Waals surface area contributed by atoms with Crippen LogP contribution in [0.15, 0.2) is 47.4 Å². The summed E-state index contributed by atoms with van der Waals surface area (Å²) in [6.45, 7) is 0.321. The van der Waals surface area contributed by atoms with Gasteiger partial charge in [0.1, 0.15) is 6.54 Å². The lowest BCUT2D eigenvalue weighted by Crippen LogP contribution is -2.36. The van der Waals surface area contributed by atoms with E-state index in [-0.39, 0.29) is 10.7 Å². The van der Waals surface area contributed by atoms with Gasteiger partial charge in [0.15, 0.2) is 6.10 Å². The van der Waals surface area contributed by atoms with E-state index in [0.717, 1.165) is 12.1 Å². The zero-order valence-corrected chi connectivity index (χ0v) is 18.0. The molecule has 0 saturated carbocycles. The van der Waals surface area contributed by atoms with Crippen LogP contribution in [-0.4, -0.2) is 32.9 Å². The Balaban J connectivity index is 1.96. The number of benzene rings is 2. The maximum Gasteiger partial charge on any atom is 0.416 e. The molecule has 2 aromatic carbocycles. The molecular formula is C18H15Cl2F3N2O5S. The van der Waals surface area contributed by atoms with E-state index in [0.29, 0.717) is 17.2 Å². The third-order valence-corrected chi connectivity index (χ3v) is 5.71. The van der Waals surface area contributed by atoms with Crippen LogP contribution in [0.3, 0.4) is 0 Å². The van der Waals surface area contributed by atoms with Crippen LogP contribution in [-0.2, 0) is 30.5 Å². The molecule has 1 unspecified atom stereocenters. The Morgan fingerprint density at radius 1 is 1.13 bits per heavy atom. The van der Waals surface area contributed by atoms with Crippen molar-refractivity contribution in [1.82, 2.24) is 4.72 Å². The molecule has 0 fully saturated rings. The van der Waals surface area contributed by atoms with Gasteiger partial charge in [0.05, 0.1) is 21.2 Å². The molecule has 0 spiro atoms. The van der Waals surface area contributed by atoms with Gasteiger partial charge in [-0.15, -0.1) is 0 Å². The van der Waals surface area contributed by atoms with Gasteiger partial charge in [-0.1, -0.05) is 29.3 Å². The topological polar surface area (TPSA) is 102 Å². The highest BCUT2D eigenvalue weighted by molar-refractivity contribution is 7.89. The van der Waals surface area contributed by atoms with Crippen molar-refractivity contribution in [2.24, 2.45) is 0 Å². The maximum atomic E-state index is 12.7. The molecule has 7 nitrogen and oxygen atoms in total. The first-order chi connectivity index (χ1) is 14.3. The summed E-state index contributed by atoms with van der Waals surface area (Å²) >= 11 is 11.7. The van der Waals surface area contributed by atoms with Crippen LogP contribution in [0.25, 0.3) is 0 Å². The molecule has 0 saturated heterocycles. The van der Waals surface area contributed by atoms with E-state index in [4.69, 9.17) is 27.9 Å². The number of anilines is 1. The fourth-order valence-electron chi connectivity index (χ4n) is 2.20. The highest BCUT2D eigenvalue weighted by atomic mass is 35.5. The van der Waals surface area contributed by atoms with Crippen molar-refractivity contribution < 1.29 is 35.9 Å². The molecule has 168 valence electrons. The smallest absolute Gasteiger partial charge is 0.416 e. The van der Waals surface area contributed by atoms with Crippen LogP contribution < -0.4 is 10.0 Å². The molecule has 0 bridgehead atoms. The maximum absolute atomic E-state index is 12.7. The third-order valence-electron chi connectivity index (χ3n) is 3.74. The normalized spacial score (nSPS) is 12.8. The lowest BCUT2D eigenvalue weighted by atomic mass is 10.2. The molecule has 13 heteroatoms. The summed E-state index contributed by atoms with van der Waals surface area (Å²) in [6.07, 6.45) is -6.07. The van der Waals surface area contributed by atoms with E-state index < -0.39 is 51.2 Å². The van der Waals surface area contributed by atoms with Crippen molar-refractivity contribution >= 4 is 50.8 Å². The number of halogens is 5. The number of sulfonamides is 1. The van der Waals surface area contributed by atoms with Gasteiger partial charge in [0, 0.05) is 5.02 Å². The third kappa shape index (κ3) is 7.10. The second-order valence-electron chi connectivity index (χ2n) is 6.10. The quantitative estimate of drug-likeness (QED) is 0.564. The molecule has 1 amide bonds. The molecule has 0 radical (unpaired) electrons. The monoisotopic (exact) mass is 498 g/mol. The molecule has 2 rings (SSSR count). The highest BCUT2D eigenvalue weighted by Crippen LogP contribution is 2.30. The van der Waals surface area contributed by atoms with Crippen molar-refractivity contribution in [2.45, 2.75) is 24.1 Å². The van der Waals surface area contributed by atoms with Crippen molar-refractivity contribution in [1.29, 1.82) is 0 Å². The highest BCUT2D eigenvalue weighted by Gasteiger charge is 2.31. The van der Waals surface area contributed by atoms with Gasteiger partial charge in [-0.25, -0.2) is 8.42 Å². The minimum atomic E-state index is -4.74. The number of esters is 1. The zero-order chi connectivity index (χ0) is 23.4. The number of nitrogens with one attached hydrogen (secondary N) is 2. The lowest BCUT2D eigenvalue weighted by molar-refractivity contribution is -0.151. The van der Waals surface area contributed by atoms with Gasteiger partial charge in [0.25, 0.3) is 5.91 Å². The second-order valence-corrected chi connectivity index (χ2v) is 8.71. The van der Waals surface area contributed by atoms with E-state index in [1.54, 1.807) is 0 Å². The summed E-state index contributed by atoms with van der Waals surface area (Å²) in [5.74, 6) is -1.89. The number of hydrogen-bond donors (Lipinski definition) is 2. The van der Waals surface area contributed by atoms with Gasteiger partial charge in [-0.3, -0.25) is 9.59 Å². The largest absolute Gasteiger partial charge is 0.452 e. The van der Waals surface area contributed by atoms with E-state index in [1.807, 2.05) is 4.72 Å². The number of alkyl halides is 3. The van der Waals surface area contributed by atoms with Crippen molar-refractivity contribution in [2.75, 3.05) is 11.9 Å².